The minimum atomic E-state index is -0.202. The third kappa shape index (κ3) is 3.77. The number of pyridine rings is 1. The molecule has 5 aromatic rings. The van der Waals surface area contributed by atoms with Crippen LogP contribution in [0.2, 0.25) is 0 Å². The maximum atomic E-state index is 13.7. The van der Waals surface area contributed by atoms with Crippen LogP contribution < -0.4 is 4.90 Å². The van der Waals surface area contributed by atoms with Gasteiger partial charge in [-0.3, -0.25) is 4.79 Å². The van der Waals surface area contributed by atoms with Gasteiger partial charge in [0.1, 0.15) is 5.69 Å². The lowest BCUT2D eigenvalue weighted by Crippen LogP contribution is -2.32. The molecule has 7 heteroatoms. The molecule has 1 aliphatic rings. The molecule has 0 bridgehead atoms. The van der Waals surface area contributed by atoms with Gasteiger partial charge in [0, 0.05) is 36.1 Å². The second-order valence-corrected chi connectivity index (χ2v) is 9.45. The number of anilines is 1. The number of benzene rings is 2. The van der Waals surface area contributed by atoms with E-state index in [1.807, 2.05) is 30.3 Å². The molecule has 0 saturated heterocycles. The van der Waals surface area contributed by atoms with Crippen molar-refractivity contribution in [2.45, 2.75) is 46.7 Å². The summed E-state index contributed by atoms with van der Waals surface area (Å²) in [6, 6.07) is 18.4. The first-order chi connectivity index (χ1) is 17.1. The summed E-state index contributed by atoms with van der Waals surface area (Å²) in [4.78, 5) is 21.1. The SMILES string of the molecule is CCCn1c(C)c(C)c2cc(C(=O)n3ncc4ccccc43)nc(N3CCc4ccccc4C3)c21.Cl. The van der Waals surface area contributed by atoms with Gasteiger partial charge in [0.05, 0.1) is 17.2 Å². The molecular weight excluding hydrogens is 470 g/mol. The summed E-state index contributed by atoms with van der Waals surface area (Å²) in [6.45, 7) is 9.10. The Morgan fingerprint density at radius 2 is 1.78 bits per heavy atom. The van der Waals surface area contributed by atoms with Crippen molar-refractivity contribution in [3.05, 3.63) is 88.9 Å². The van der Waals surface area contributed by atoms with Crippen molar-refractivity contribution in [1.82, 2.24) is 19.3 Å². The number of hydrogen-bond acceptors (Lipinski definition) is 4. The summed E-state index contributed by atoms with van der Waals surface area (Å²) >= 11 is 0. The molecule has 0 saturated carbocycles. The van der Waals surface area contributed by atoms with Gasteiger partial charge >= 0.3 is 0 Å². The van der Waals surface area contributed by atoms with Gasteiger partial charge in [-0.05, 0) is 55.5 Å². The van der Waals surface area contributed by atoms with Gasteiger partial charge in [0.2, 0.25) is 0 Å². The standard InChI is InChI=1S/C29H29N5O.ClH/c1-4-14-33-20(3)19(2)24-16-25(29(35)34-26-12-8-7-10-22(26)17-30-34)31-28(27(24)33)32-15-13-21-9-5-6-11-23(21)18-32;/h5-12,16-17H,4,13-15,18H2,1-3H3;1H. The quantitative estimate of drug-likeness (QED) is 0.300. The highest BCUT2D eigenvalue weighted by Gasteiger charge is 2.26. The van der Waals surface area contributed by atoms with Gasteiger partial charge < -0.3 is 9.47 Å². The molecule has 6 rings (SSSR count). The molecule has 0 unspecified atom stereocenters. The lowest BCUT2D eigenvalue weighted by atomic mass is 10.00. The van der Waals surface area contributed by atoms with Gasteiger partial charge in [0.15, 0.2) is 5.82 Å². The zero-order valence-corrected chi connectivity index (χ0v) is 21.7. The van der Waals surface area contributed by atoms with Crippen molar-refractivity contribution >= 4 is 45.9 Å². The lowest BCUT2D eigenvalue weighted by Gasteiger charge is -2.31. The molecule has 184 valence electrons. The predicted octanol–water partition coefficient (Wildman–Crippen LogP) is 6.09. The monoisotopic (exact) mass is 499 g/mol. The number of para-hydroxylation sites is 1. The summed E-state index contributed by atoms with van der Waals surface area (Å²) in [5.41, 5.74) is 7.51. The average molecular weight is 500 g/mol. The topological polar surface area (TPSA) is 56.0 Å². The fourth-order valence-electron chi connectivity index (χ4n) is 5.39. The van der Waals surface area contributed by atoms with Crippen molar-refractivity contribution in [1.29, 1.82) is 0 Å². The molecule has 0 aliphatic carbocycles. The molecule has 3 aromatic heterocycles. The van der Waals surface area contributed by atoms with E-state index in [9.17, 15) is 4.79 Å². The number of hydrogen-bond donors (Lipinski definition) is 0. The summed E-state index contributed by atoms with van der Waals surface area (Å²) < 4.78 is 3.86. The molecule has 0 spiro atoms. The highest BCUT2D eigenvalue weighted by molar-refractivity contribution is 6.04. The number of fused-ring (bicyclic) bond motifs is 3. The molecule has 0 N–H and O–H groups in total. The molecule has 0 fully saturated rings. The van der Waals surface area contributed by atoms with Crippen LogP contribution in [0, 0.1) is 13.8 Å². The van der Waals surface area contributed by atoms with Gasteiger partial charge in [-0.25, -0.2) is 4.98 Å². The lowest BCUT2D eigenvalue weighted by molar-refractivity contribution is 0.0945. The zero-order valence-electron chi connectivity index (χ0n) is 20.9. The number of halogens is 1. The molecular formula is C29H30ClN5O. The largest absolute Gasteiger partial charge is 0.350 e. The first-order valence-corrected chi connectivity index (χ1v) is 12.4. The van der Waals surface area contributed by atoms with E-state index < -0.39 is 0 Å². The number of nitrogens with zero attached hydrogens (tertiary/aromatic N) is 5. The summed E-state index contributed by atoms with van der Waals surface area (Å²) in [7, 11) is 0. The van der Waals surface area contributed by atoms with Crippen molar-refractivity contribution in [3.63, 3.8) is 0 Å². The van der Waals surface area contributed by atoms with Gasteiger partial charge in [-0.2, -0.15) is 9.78 Å². The number of aryl methyl sites for hydroxylation is 2. The minimum Gasteiger partial charge on any atom is -0.350 e. The third-order valence-electron chi connectivity index (χ3n) is 7.36. The van der Waals surface area contributed by atoms with Crippen molar-refractivity contribution in [3.8, 4) is 0 Å². The van der Waals surface area contributed by atoms with E-state index in [-0.39, 0.29) is 18.3 Å². The third-order valence-corrected chi connectivity index (χ3v) is 7.36. The zero-order chi connectivity index (χ0) is 24.1. The molecule has 6 nitrogen and oxygen atoms in total. The normalized spacial score (nSPS) is 13.1. The van der Waals surface area contributed by atoms with E-state index in [0.29, 0.717) is 5.69 Å². The Balaban J connectivity index is 0.00000267. The van der Waals surface area contributed by atoms with E-state index in [1.165, 1.54) is 27.1 Å². The highest BCUT2D eigenvalue weighted by Crippen LogP contribution is 2.35. The van der Waals surface area contributed by atoms with Crippen LogP contribution in [0.25, 0.3) is 21.8 Å². The number of aromatic nitrogens is 4. The Bertz CT molecular complexity index is 1600. The fourth-order valence-corrected chi connectivity index (χ4v) is 5.39. The summed E-state index contributed by atoms with van der Waals surface area (Å²) in [5, 5.41) is 6.44. The van der Waals surface area contributed by atoms with E-state index in [2.05, 4.69) is 59.6 Å². The maximum absolute atomic E-state index is 13.7. The van der Waals surface area contributed by atoms with Crippen molar-refractivity contribution in [2.24, 2.45) is 0 Å². The van der Waals surface area contributed by atoms with Crippen molar-refractivity contribution in [2.75, 3.05) is 11.4 Å². The molecule has 4 heterocycles. The van der Waals surface area contributed by atoms with Crippen LogP contribution in [-0.4, -0.2) is 31.8 Å². The second kappa shape index (κ2) is 9.43. The van der Waals surface area contributed by atoms with E-state index in [4.69, 9.17) is 4.98 Å². The van der Waals surface area contributed by atoms with E-state index in [1.54, 1.807) is 6.20 Å². The predicted molar refractivity (Wildman–Crippen MR) is 147 cm³/mol. The molecule has 0 atom stereocenters. The Kier molecular flexibility index (Phi) is 6.31. The summed E-state index contributed by atoms with van der Waals surface area (Å²) in [5.74, 6) is 0.688. The maximum Gasteiger partial charge on any atom is 0.297 e. The first kappa shape index (κ1) is 24.1. The van der Waals surface area contributed by atoms with Crippen molar-refractivity contribution < 1.29 is 4.79 Å². The molecule has 1 aliphatic heterocycles. The highest BCUT2D eigenvalue weighted by atomic mass is 35.5. The Morgan fingerprint density at radius 3 is 2.58 bits per heavy atom. The van der Waals surface area contributed by atoms with Crippen LogP contribution in [0.1, 0.15) is 46.2 Å². The number of carbonyl (C=O) groups is 1. The van der Waals surface area contributed by atoms with Gasteiger partial charge in [-0.15, -0.1) is 12.4 Å². The summed E-state index contributed by atoms with van der Waals surface area (Å²) in [6.07, 6.45) is 3.74. The van der Waals surface area contributed by atoms with Crippen LogP contribution in [0.15, 0.2) is 60.8 Å². The van der Waals surface area contributed by atoms with Gasteiger partial charge in [0.25, 0.3) is 5.91 Å². The second-order valence-electron chi connectivity index (χ2n) is 9.45. The molecule has 2 aromatic carbocycles. The van der Waals surface area contributed by atoms with Crippen LogP contribution in [0.4, 0.5) is 5.82 Å². The first-order valence-electron chi connectivity index (χ1n) is 12.4. The number of carbonyl (C=O) groups excluding carboxylic acids is 1. The molecule has 36 heavy (non-hydrogen) atoms. The Labute approximate surface area is 217 Å². The molecule has 0 radical (unpaired) electrons. The number of rotatable bonds is 4. The van der Waals surface area contributed by atoms with Crippen LogP contribution >= 0.6 is 12.4 Å². The van der Waals surface area contributed by atoms with Crippen LogP contribution in [-0.2, 0) is 19.5 Å². The minimum absolute atomic E-state index is 0. The van der Waals surface area contributed by atoms with Crippen LogP contribution in [0.3, 0.4) is 0 Å². The fraction of sp³-hybridized carbons (Fsp3) is 0.276. The van der Waals surface area contributed by atoms with E-state index >= 15 is 0 Å². The van der Waals surface area contributed by atoms with Gasteiger partial charge in [-0.1, -0.05) is 49.4 Å². The Morgan fingerprint density at radius 1 is 1.03 bits per heavy atom. The smallest absolute Gasteiger partial charge is 0.297 e. The van der Waals surface area contributed by atoms with Crippen LogP contribution in [0.5, 0.6) is 0 Å². The molecule has 0 amide bonds. The van der Waals surface area contributed by atoms with E-state index in [0.717, 1.165) is 60.1 Å². The average Bonchev–Trinajstić information content (AvgIpc) is 3.43. The Hall–Kier alpha value is -3.64.